The van der Waals surface area contributed by atoms with Crippen LogP contribution in [0.2, 0.25) is 0 Å². The van der Waals surface area contributed by atoms with Crippen LogP contribution in [0.5, 0.6) is 0 Å². The standard InChI is InChI=1S/C7H14N2O/c1-4-5-8-6(2)7(3)9-10/h7H,4-5H2,1-3H3. The average molecular weight is 142 g/mol. The second-order valence-corrected chi connectivity index (χ2v) is 2.30. The third-order valence-corrected chi connectivity index (χ3v) is 1.35. The summed E-state index contributed by atoms with van der Waals surface area (Å²) in [6.07, 6.45) is 1.02. The van der Waals surface area contributed by atoms with Crippen molar-refractivity contribution in [2.75, 3.05) is 6.54 Å². The number of hydrogen-bond donors (Lipinski definition) is 0. The summed E-state index contributed by atoms with van der Waals surface area (Å²) in [5.74, 6) is 0. The Morgan fingerprint density at radius 3 is 2.60 bits per heavy atom. The SMILES string of the molecule is CCCN=C(C)C(C)N=O. The van der Waals surface area contributed by atoms with Crippen LogP contribution in [-0.2, 0) is 0 Å². The smallest absolute Gasteiger partial charge is 0.126 e. The van der Waals surface area contributed by atoms with Crippen LogP contribution in [0.1, 0.15) is 27.2 Å². The van der Waals surface area contributed by atoms with E-state index < -0.39 is 0 Å². The molecule has 3 heteroatoms. The van der Waals surface area contributed by atoms with E-state index in [9.17, 15) is 4.91 Å². The number of nitroso groups, excluding NO2 is 1. The first-order valence-electron chi connectivity index (χ1n) is 3.55. The zero-order valence-corrected chi connectivity index (χ0v) is 6.79. The molecule has 0 aromatic heterocycles. The van der Waals surface area contributed by atoms with E-state index in [4.69, 9.17) is 0 Å². The fraction of sp³-hybridized carbons (Fsp3) is 0.857. The predicted octanol–water partition coefficient (Wildman–Crippen LogP) is 2.01. The topological polar surface area (TPSA) is 41.8 Å². The van der Waals surface area contributed by atoms with Crippen LogP contribution < -0.4 is 0 Å². The van der Waals surface area contributed by atoms with Gasteiger partial charge in [0.2, 0.25) is 0 Å². The molecule has 0 fully saturated rings. The summed E-state index contributed by atoms with van der Waals surface area (Å²) in [6.45, 7) is 6.44. The second-order valence-electron chi connectivity index (χ2n) is 2.30. The van der Waals surface area contributed by atoms with Gasteiger partial charge in [0.15, 0.2) is 0 Å². The Balaban J connectivity index is 3.78. The maximum Gasteiger partial charge on any atom is 0.126 e. The zero-order chi connectivity index (χ0) is 7.98. The number of nitrogens with zero attached hydrogens (tertiary/aromatic N) is 2. The Morgan fingerprint density at radius 1 is 1.60 bits per heavy atom. The number of hydrogen-bond acceptors (Lipinski definition) is 3. The van der Waals surface area contributed by atoms with Gasteiger partial charge in [-0.2, -0.15) is 4.91 Å². The summed E-state index contributed by atoms with van der Waals surface area (Å²) < 4.78 is 0. The van der Waals surface area contributed by atoms with E-state index in [0.717, 1.165) is 18.7 Å². The van der Waals surface area contributed by atoms with Gasteiger partial charge < -0.3 is 0 Å². The fourth-order valence-corrected chi connectivity index (χ4v) is 0.497. The minimum atomic E-state index is -0.258. The average Bonchev–Trinajstić information content (AvgIpc) is 1.98. The molecule has 0 aliphatic heterocycles. The van der Waals surface area contributed by atoms with Crippen molar-refractivity contribution in [3.05, 3.63) is 4.91 Å². The lowest BCUT2D eigenvalue weighted by Gasteiger charge is -1.99. The summed E-state index contributed by atoms with van der Waals surface area (Å²) in [6, 6.07) is -0.258. The summed E-state index contributed by atoms with van der Waals surface area (Å²) in [4.78, 5) is 14.1. The summed E-state index contributed by atoms with van der Waals surface area (Å²) in [5, 5.41) is 2.86. The molecule has 3 nitrogen and oxygen atoms in total. The van der Waals surface area contributed by atoms with Gasteiger partial charge in [0.1, 0.15) is 6.04 Å². The molecular weight excluding hydrogens is 128 g/mol. The van der Waals surface area contributed by atoms with Gasteiger partial charge in [-0.1, -0.05) is 12.1 Å². The molecule has 0 bridgehead atoms. The van der Waals surface area contributed by atoms with Crippen molar-refractivity contribution in [1.29, 1.82) is 0 Å². The molecule has 10 heavy (non-hydrogen) atoms. The van der Waals surface area contributed by atoms with Gasteiger partial charge in [-0.05, 0) is 20.3 Å². The number of aliphatic imine (C=N–C) groups is 1. The summed E-state index contributed by atoms with van der Waals surface area (Å²) in [5.41, 5.74) is 0.830. The van der Waals surface area contributed by atoms with Crippen LogP contribution in [0, 0.1) is 4.91 Å². The van der Waals surface area contributed by atoms with Crippen molar-refractivity contribution < 1.29 is 0 Å². The Kier molecular flexibility index (Phi) is 4.72. The third-order valence-electron chi connectivity index (χ3n) is 1.35. The molecule has 0 heterocycles. The highest BCUT2D eigenvalue weighted by Gasteiger charge is 2.02. The van der Waals surface area contributed by atoms with Gasteiger partial charge in [0.25, 0.3) is 0 Å². The maximum atomic E-state index is 9.98. The second kappa shape index (κ2) is 5.09. The van der Waals surface area contributed by atoms with E-state index in [1.54, 1.807) is 6.92 Å². The molecular formula is C7H14N2O. The molecule has 58 valence electrons. The van der Waals surface area contributed by atoms with Crippen LogP contribution >= 0.6 is 0 Å². The van der Waals surface area contributed by atoms with Crippen molar-refractivity contribution in [1.82, 2.24) is 0 Å². The number of rotatable bonds is 4. The first-order chi connectivity index (χ1) is 4.72. The highest BCUT2D eigenvalue weighted by atomic mass is 16.3. The highest BCUT2D eigenvalue weighted by molar-refractivity contribution is 5.86. The minimum Gasteiger partial charge on any atom is -0.292 e. The fourth-order valence-electron chi connectivity index (χ4n) is 0.497. The Morgan fingerprint density at radius 2 is 2.20 bits per heavy atom. The van der Waals surface area contributed by atoms with Gasteiger partial charge in [-0.3, -0.25) is 4.99 Å². The van der Waals surface area contributed by atoms with Crippen LogP contribution in [-0.4, -0.2) is 18.3 Å². The Labute approximate surface area is 61.5 Å². The quantitative estimate of drug-likeness (QED) is 0.437. The molecule has 0 aliphatic carbocycles. The first kappa shape index (κ1) is 9.27. The van der Waals surface area contributed by atoms with E-state index in [0.29, 0.717) is 0 Å². The predicted molar refractivity (Wildman–Crippen MR) is 43.5 cm³/mol. The molecule has 0 aliphatic rings. The molecule has 0 N–H and O–H groups in total. The van der Waals surface area contributed by atoms with E-state index >= 15 is 0 Å². The molecule has 0 spiro atoms. The largest absolute Gasteiger partial charge is 0.292 e. The monoisotopic (exact) mass is 142 g/mol. The maximum absolute atomic E-state index is 9.98. The van der Waals surface area contributed by atoms with Crippen LogP contribution in [0.4, 0.5) is 0 Å². The van der Waals surface area contributed by atoms with Gasteiger partial charge >= 0.3 is 0 Å². The van der Waals surface area contributed by atoms with Gasteiger partial charge in [0.05, 0.1) is 0 Å². The highest BCUT2D eigenvalue weighted by Crippen LogP contribution is 1.93. The van der Waals surface area contributed by atoms with Crippen molar-refractivity contribution >= 4 is 5.71 Å². The van der Waals surface area contributed by atoms with E-state index in [1.807, 2.05) is 6.92 Å². The summed E-state index contributed by atoms with van der Waals surface area (Å²) in [7, 11) is 0. The van der Waals surface area contributed by atoms with Crippen molar-refractivity contribution in [2.24, 2.45) is 10.2 Å². The van der Waals surface area contributed by atoms with Gasteiger partial charge in [-0.25, -0.2) is 0 Å². The van der Waals surface area contributed by atoms with E-state index in [-0.39, 0.29) is 6.04 Å². The third kappa shape index (κ3) is 3.33. The van der Waals surface area contributed by atoms with Crippen LogP contribution in [0.3, 0.4) is 0 Å². The molecule has 0 aromatic rings. The normalized spacial score (nSPS) is 14.9. The zero-order valence-electron chi connectivity index (χ0n) is 6.79. The van der Waals surface area contributed by atoms with Crippen molar-refractivity contribution in [3.63, 3.8) is 0 Å². The van der Waals surface area contributed by atoms with Crippen LogP contribution in [0.25, 0.3) is 0 Å². The van der Waals surface area contributed by atoms with Gasteiger partial charge in [-0.15, -0.1) is 0 Å². The van der Waals surface area contributed by atoms with Crippen molar-refractivity contribution in [2.45, 2.75) is 33.2 Å². The minimum absolute atomic E-state index is 0.258. The molecule has 0 amide bonds. The lowest BCUT2D eigenvalue weighted by molar-refractivity contribution is 0.892. The molecule has 0 aromatic carbocycles. The molecule has 0 saturated carbocycles. The lowest BCUT2D eigenvalue weighted by Crippen LogP contribution is -2.10. The Hall–Kier alpha value is -0.730. The molecule has 0 saturated heterocycles. The van der Waals surface area contributed by atoms with Crippen LogP contribution in [0.15, 0.2) is 10.2 Å². The first-order valence-corrected chi connectivity index (χ1v) is 3.55. The summed E-state index contributed by atoms with van der Waals surface area (Å²) >= 11 is 0. The lowest BCUT2D eigenvalue weighted by atomic mass is 10.2. The van der Waals surface area contributed by atoms with E-state index in [2.05, 4.69) is 17.1 Å². The molecule has 1 atom stereocenters. The van der Waals surface area contributed by atoms with Crippen molar-refractivity contribution in [3.8, 4) is 0 Å². The molecule has 1 unspecified atom stereocenters. The molecule has 0 rings (SSSR count). The van der Waals surface area contributed by atoms with E-state index in [1.165, 1.54) is 0 Å². The van der Waals surface area contributed by atoms with Gasteiger partial charge in [0, 0.05) is 12.3 Å². The molecule has 0 radical (unpaired) electrons. The Bertz CT molecular complexity index is 132.